The van der Waals surface area contributed by atoms with Gasteiger partial charge in [0.05, 0.1) is 6.54 Å². The van der Waals surface area contributed by atoms with Gasteiger partial charge in [0, 0.05) is 39.1 Å². The highest BCUT2D eigenvalue weighted by Crippen LogP contribution is 2.28. The van der Waals surface area contributed by atoms with Crippen LogP contribution in [0.5, 0.6) is 0 Å². The Labute approximate surface area is 127 Å². The summed E-state index contributed by atoms with van der Waals surface area (Å²) in [7, 11) is 0. The Morgan fingerprint density at radius 1 is 1.05 bits per heavy atom. The monoisotopic (exact) mass is 296 g/mol. The summed E-state index contributed by atoms with van der Waals surface area (Å²) in [6, 6.07) is 0.629. The predicted octanol–water partition coefficient (Wildman–Crippen LogP) is -0.297. The lowest BCUT2D eigenvalue weighted by Crippen LogP contribution is -2.47. The summed E-state index contributed by atoms with van der Waals surface area (Å²) in [6.45, 7) is 6.09. The lowest BCUT2D eigenvalue weighted by molar-refractivity contribution is -0.123. The van der Waals surface area contributed by atoms with Crippen molar-refractivity contribution in [2.75, 3.05) is 39.3 Å². The van der Waals surface area contributed by atoms with Crippen molar-refractivity contribution in [2.45, 2.75) is 38.6 Å². The SMILES string of the molecule is CC(=O)NCCNC(=O)CN1CCC(NCC2CC2)CC1. The number of hydrogen-bond donors (Lipinski definition) is 3. The minimum atomic E-state index is -0.0648. The number of carbonyl (C=O) groups excluding carboxylic acids is 2. The zero-order chi connectivity index (χ0) is 15.1. The molecule has 3 N–H and O–H groups in total. The summed E-state index contributed by atoms with van der Waals surface area (Å²) in [5.74, 6) is 0.909. The largest absolute Gasteiger partial charge is 0.355 e. The minimum absolute atomic E-state index is 0.0461. The van der Waals surface area contributed by atoms with Gasteiger partial charge in [-0.2, -0.15) is 0 Å². The van der Waals surface area contributed by atoms with Gasteiger partial charge >= 0.3 is 0 Å². The molecule has 0 spiro atoms. The smallest absolute Gasteiger partial charge is 0.234 e. The van der Waals surface area contributed by atoms with Crippen molar-refractivity contribution in [2.24, 2.45) is 5.92 Å². The van der Waals surface area contributed by atoms with Crippen molar-refractivity contribution in [3.63, 3.8) is 0 Å². The van der Waals surface area contributed by atoms with Crippen LogP contribution in [0.25, 0.3) is 0 Å². The quantitative estimate of drug-likeness (QED) is 0.538. The second kappa shape index (κ2) is 8.34. The van der Waals surface area contributed by atoms with Gasteiger partial charge in [-0.25, -0.2) is 0 Å². The van der Waals surface area contributed by atoms with Crippen molar-refractivity contribution in [3.05, 3.63) is 0 Å². The summed E-state index contributed by atoms with van der Waals surface area (Å²) in [5, 5.41) is 9.14. The lowest BCUT2D eigenvalue weighted by atomic mass is 10.0. The maximum absolute atomic E-state index is 11.8. The number of nitrogens with zero attached hydrogens (tertiary/aromatic N) is 1. The number of piperidine rings is 1. The summed E-state index contributed by atoms with van der Waals surface area (Å²) in [5.41, 5.74) is 0. The third-order valence-electron chi connectivity index (χ3n) is 4.17. The average Bonchev–Trinajstić information content (AvgIpc) is 3.27. The number of carbonyl (C=O) groups is 2. The number of likely N-dealkylation sites (tertiary alicyclic amines) is 1. The van der Waals surface area contributed by atoms with E-state index in [2.05, 4.69) is 20.9 Å². The van der Waals surface area contributed by atoms with Crippen LogP contribution in [0.3, 0.4) is 0 Å². The zero-order valence-corrected chi connectivity index (χ0v) is 13.0. The van der Waals surface area contributed by atoms with Crippen LogP contribution < -0.4 is 16.0 Å². The third kappa shape index (κ3) is 6.91. The molecule has 1 saturated heterocycles. The molecular weight excluding hydrogens is 268 g/mol. The molecule has 0 unspecified atom stereocenters. The van der Waals surface area contributed by atoms with Gasteiger partial charge in [0.2, 0.25) is 11.8 Å². The van der Waals surface area contributed by atoms with E-state index >= 15 is 0 Å². The highest BCUT2D eigenvalue weighted by Gasteiger charge is 2.24. The molecule has 120 valence electrons. The molecule has 0 aromatic carbocycles. The maximum atomic E-state index is 11.8. The van der Waals surface area contributed by atoms with Crippen LogP contribution in [-0.4, -0.2) is 62.0 Å². The fraction of sp³-hybridized carbons (Fsp3) is 0.867. The molecule has 1 aliphatic heterocycles. The van der Waals surface area contributed by atoms with Gasteiger partial charge in [0.1, 0.15) is 0 Å². The predicted molar refractivity (Wildman–Crippen MR) is 81.9 cm³/mol. The van der Waals surface area contributed by atoms with E-state index in [0.29, 0.717) is 25.7 Å². The van der Waals surface area contributed by atoms with Crippen molar-refractivity contribution >= 4 is 11.8 Å². The number of amides is 2. The fourth-order valence-electron chi connectivity index (χ4n) is 2.65. The molecule has 6 heteroatoms. The molecule has 6 nitrogen and oxygen atoms in total. The van der Waals surface area contributed by atoms with E-state index in [0.717, 1.165) is 31.8 Å². The van der Waals surface area contributed by atoms with E-state index in [1.807, 2.05) is 0 Å². The summed E-state index contributed by atoms with van der Waals surface area (Å²) in [4.78, 5) is 24.7. The minimum Gasteiger partial charge on any atom is -0.355 e. The van der Waals surface area contributed by atoms with Crippen LogP contribution in [0.1, 0.15) is 32.6 Å². The summed E-state index contributed by atoms with van der Waals surface area (Å²) >= 11 is 0. The molecule has 1 aliphatic carbocycles. The molecule has 0 aromatic heterocycles. The van der Waals surface area contributed by atoms with E-state index in [4.69, 9.17) is 0 Å². The molecule has 21 heavy (non-hydrogen) atoms. The van der Waals surface area contributed by atoms with E-state index < -0.39 is 0 Å². The molecule has 2 rings (SSSR count). The Balaban J connectivity index is 1.50. The van der Waals surface area contributed by atoms with E-state index in [1.54, 1.807) is 0 Å². The topological polar surface area (TPSA) is 73.5 Å². The van der Waals surface area contributed by atoms with Crippen LogP contribution in [0.2, 0.25) is 0 Å². The van der Waals surface area contributed by atoms with E-state index in [9.17, 15) is 9.59 Å². The fourth-order valence-corrected chi connectivity index (χ4v) is 2.65. The van der Waals surface area contributed by atoms with Crippen LogP contribution >= 0.6 is 0 Å². The zero-order valence-electron chi connectivity index (χ0n) is 13.0. The van der Waals surface area contributed by atoms with Crippen LogP contribution in [0, 0.1) is 5.92 Å². The number of nitrogens with one attached hydrogen (secondary N) is 3. The van der Waals surface area contributed by atoms with E-state index in [-0.39, 0.29) is 11.8 Å². The first-order valence-electron chi connectivity index (χ1n) is 8.10. The van der Waals surface area contributed by atoms with Crippen LogP contribution in [0.4, 0.5) is 0 Å². The van der Waals surface area contributed by atoms with Gasteiger partial charge in [-0.05, 0) is 38.1 Å². The number of hydrogen-bond acceptors (Lipinski definition) is 4. The summed E-state index contributed by atoms with van der Waals surface area (Å²) < 4.78 is 0. The molecule has 1 saturated carbocycles. The molecule has 0 aromatic rings. The Morgan fingerprint density at radius 3 is 2.33 bits per heavy atom. The second-order valence-electron chi connectivity index (χ2n) is 6.23. The van der Waals surface area contributed by atoms with Crippen LogP contribution in [-0.2, 0) is 9.59 Å². The highest BCUT2D eigenvalue weighted by molar-refractivity contribution is 5.78. The molecule has 2 aliphatic rings. The molecule has 0 atom stereocenters. The molecular formula is C15H28N4O2. The van der Waals surface area contributed by atoms with Gasteiger partial charge in [-0.1, -0.05) is 0 Å². The third-order valence-corrected chi connectivity index (χ3v) is 4.17. The average molecular weight is 296 g/mol. The molecule has 2 amide bonds. The lowest BCUT2D eigenvalue weighted by Gasteiger charge is -2.32. The Kier molecular flexibility index (Phi) is 6.45. The first-order valence-corrected chi connectivity index (χ1v) is 8.10. The first-order chi connectivity index (χ1) is 10.1. The molecule has 0 radical (unpaired) electrons. The molecule has 1 heterocycles. The van der Waals surface area contributed by atoms with Gasteiger partial charge in [-0.3, -0.25) is 14.5 Å². The van der Waals surface area contributed by atoms with Crippen molar-refractivity contribution in [1.29, 1.82) is 0 Å². The Morgan fingerprint density at radius 2 is 1.71 bits per heavy atom. The van der Waals surface area contributed by atoms with Crippen molar-refractivity contribution < 1.29 is 9.59 Å². The van der Waals surface area contributed by atoms with E-state index in [1.165, 1.54) is 26.3 Å². The van der Waals surface area contributed by atoms with Gasteiger partial charge < -0.3 is 16.0 Å². The Hall–Kier alpha value is -1.14. The first kappa shape index (κ1) is 16.2. The molecule has 2 fully saturated rings. The summed E-state index contributed by atoms with van der Waals surface area (Å²) in [6.07, 6.45) is 5.05. The standard InChI is InChI=1S/C15H28N4O2/c1-12(20)16-6-7-17-15(21)11-19-8-4-14(5-9-19)18-10-13-2-3-13/h13-14,18H,2-11H2,1H3,(H,16,20)(H,17,21). The van der Waals surface area contributed by atoms with Crippen molar-refractivity contribution in [3.8, 4) is 0 Å². The van der Waals surface area contributed by atoms with Crippen molar-refractivity contribution in [1.82, 2.24) is 20.9 Å². The maximum Gasteiger partial charge on any atom is 0.234 e. The number of rotatable bonds is 8. The normalized spacial score (nSPS) is 20.2. The van der Waals surface area contributed by atoms with Gasteiger partial charge in [0.15, 0.2) is 0 Å². The van der Waals surface area contributed by atoms with Gasteiger partial charge in [-0.15, -0.1) is 0 Å². The molecule has 0 bridgehead atoms. The highest BCUT2D eigenvalue weighted by atomic mass is 16.2. The second-order valence-corrected chi connectivity index (χ2v) is 6.23. The van der Waals surface area contributed by atoms with Gasteiger partial charge in [0.25, 0.3) is 0 Å². The Bertz CT molecular complexity index is 350. The van der Waals surface area contributed by atoms with Crippen LogP contribution in [0.15, 0.2) is 0 Å².